The van der Waals surface area contributed by atoms with Gasteiger partial charge in [0.1, 0.15) is 17.4 Å². The van der Waals surface area contributed by atoms with Crippen LogP contribution in [0.3, 0.4) is 0 Å². The zero-order valence-electron chi connectivity index (χ0n) is 18.2. The van der Waals surface area contributed by atoms with Crippen molar-refractivity contribution in [3.8, 4) is 6.07 Å². The van der Waals surface area contributed by atoms with E-state index in [-0.39, 0.29) is 11.6 Å². The number of pyridine rings is 1. The molecule has 3 aromatic rings. The van der Waals surface area contributed by atoms with E-state index in [1.807, 2.05) is 11.9 Å². The molecular weight excluding hydrogens is 420 g/mol. The maximum atomic E-state index is 13.3. The molecule has 3 aliphatic heterocycles. The van der Waals surface area contributed by atoms with Crippen molar-refractivity contribution >= 4 is 33.9 Å². The third-order valence-electron chi connectivity index (χ3n) is 6.66. The van der Waals surface area contributed by atoms with Crippen LogP contribution in [-0.4, -0.2) is 70.5 Å². The molecule has 0 atom stereocenters. The Morgan fingerprint density at radius 3 is 2.91 bits per heavy atom. The van der Waals surface area contributed by atoms with E-state index in [9.17, 15) is 10.1 Å². The number of rotatable bonds is 3. The molecule has 6 heterocycles. The molecule has 4 N–H and O–H groups in total. The maximum absolute atomic E-state index is 13.3. The Morgan fingerprint density at radius 1 is 1.24 bits per heavy atom. The summed E-state index contributed by atoms with van der Waals surface area (Å²) in [6.45, 7) is 3.15. The van der Waals surface area contributed by atoms with Crippen LogP contribution in [-0.2, 0) is 0 Å². The first-order valence-electron chi connectivity index (χ1n) is 11.1. The fraction of sp³-hybridized carbons (Fsp3) is 0.364. The summed E-state index contributed by atoms with van der Waals surface area (Å²) >= 11 is 0. The molecule has 3 aromatic heterocycles. The highest BCUT2D eigenvalue weighted by molar-refractivity contribution is 6.16. The predicted molar refractivity (Wildman–Crippen MR) is 123 cm³/mol. The van der Waals surface area contributed by atoms with Gasteiger partial charge in [-0.05, 0) is 32.0 Å². The van der Waals surface area contributed by atoms with Gasteiger partial charge in [-0.2, -0.15) is 10.4 Å². The predicted octanol–water partition coefficient (Wildman–Crippen LogP) is 1.12. The number of hydrazine groups is 1. The highest BCUT2D eigenvalue weighted by Gasteiger charge is 2.33. The van der Waals surface area contributed by atoms with Crippen molar-refractivity contribution in [2.45, 2.75) is 18.9 Å². The van der Waals surface area contributed by atoms with Gasteiger partial charge < -0.3 is 20.2 Å². The number of carbonyl (C=O) groups is 1. The molecule has 33 heavy (non-hydrogen) atoms. The van der Waals surface area contributed by atoms with E-state index in [2.05, 4.69) is 54.3 Å². The Labute approximate surface area is 190 Å². The molecule has 0 spiro atoms. The van der Waals surface area contributed by atoms with Gasteiger partial charge in [0, 0.05) is 48.7 Å². The summed E-state index contributed by atoms with van der Waals surface area (Å²) < 4.78 is 0. The lowest BCUT2D eigenvalue weighted by Crippen LogP contribution is -2.45. The average Bonchev–Trinajstić information content (AvgIpc) is 3.60. The fourth-order valence-electron chi connectivity index (χ4n) is 4.97. The van der Waals surface area contributed by atoms with Crippen LogP contribution in [0.15, 0.2) is 24.7 Å². The van der Waals surface area contributed by atoms with Crippen LogP contribution < -0.4 is 20.5 Å². The van der Waals surface area contributed by atoms with Crippen LogP contribution in [0.2, 0.25) is 0 Å². The molecule has 6 rings (SSSR count). The maximum Gasteiger partial charge on any atom is 0.263 e. The number of aromatic amines is 2. The highest BCUT2D eigenvalue weighted by atomic mass is 16.2. The number of H-pyrrole nitrogens is 2. The highest BCUT2D eigenvalue weighted by Crippen LogP contribution is 2.37. The zero-order valence-corrected chi connectivity index (χ0v) is 18.2. The number of aromatic nitrogens is 4. The standard InChI is InChI=1S/C22H24N10O/c1-30-12-31(19-10-26-29-18(19)7-23)22(33)16-9-25-21-15(20(16)30)6-17(28-21)13-8-27-32(11-13)14-2-4-24-5-3-14/h6,9-11,14,24,27H,2-5,8,12H2,1H3,(H,25,28)(H,26,29). The van der Waals surface area contributed by atoms with Crippen LogP contribution in [0.5, 0.6) is 0 Å². The van der Waals surface area contributed by atoms with E-state index < -0.39 is 0 Å². The van der Waals surface area contributed by atoms with Crippen LogP contribution in [0.4, 0.5) is 11.4 Å². The van der Waals surface area contributed by atoms with Crippen LogP contribution in [0.25, 0.3) is 16.6 Å². The number of fused-ring (bicyclic) bond motifs is 3. The Morgan fingerprint density at radius 2 is 2.09 bits per heavy atom. The van der Waals surface area contributed by atoms with Crippen LogP contribution >= 0.6 is 0 Å². The van der Waals surface area contributed by atoms with E-state index in [1.54, 1.807) is 11.1 Å². The second-order valence-corrected chi connectivity index (χ2v) is 8.66. The molecule has 0 aromatic carbocycles. The first-order chi connectivity index (χ1) is 16.1. The number of nitrogens with one attached hydrogen (secondary N) is 4. The van der Waals surface area contributed by atoms with Gasteiger partial charge in [-0.15, -0.1) is 0 Å². The lowest BCUT2D eigenvalue weighted by Gasteiger charge is -2.35. The van der Waals surface area contributed by atoms with Gasteiger partial charge in [0.05, 0.1) is 24.1 Å². The molecule has 0 saturated carbocycles. The number of hydrogen-bond acceptors (Lipinski definition) is 8. The summed E-state index contributed by atoms with van der Waals surface area (Å²) in [7, 11) is 1.94. The molecule has 1 amide bonds. The number of carbonyl (C=O) groups excluding carboxylic acids is 1. The number of nitrogens with zero attached hydrogens (tertiary/aromatic N) is 6. The van der Waals surface area contributed by atoms with Crippen molar-refractivity contribution in [2.75, 3.05) is 43.2 Å². The summed E-state index contributed by atoms with van der Waals surface area (Å²) in [5.74, 6) is -0.197. The van der Waals surface area contributed by atoms with Gasteiger partial charge in [-0.25, -0.2) is 10.4 Å². The lowest BCUT2D eigenvalue weighted by atomic mass is 10.1. The second-order valence-electron chi connectivity index (χ2n) is 8.66. The monoisotopic (exact) mass is 444 g/mol. The first kappa shape index (κ1) is 19.8. The molecule has 168 valence electrons. The number of nitriles is 1. The number of anilines is 2. The van der Waals surface area contributed by atoms with Crippen molar-refractivity contribution in [3.05, 3.63) is 41.6 Å². The molecule has 0 unspecified atom stereocenters. The van der Waals surface area contributed by atoms with Gasteiger partial charge in [0.2, 0.25) is 0 Å². The third kappa shape index (κ3) is 3.14. The average molecular weight is 445 g/mol. The first-order valence-corrected chi connectivity index (χ1v) is 11.1. The molecule has 0 radical (unpaired) electrons. The van der Waals surface area contributed by atoms with Crippen molar-refractivity contribution in [1.82, 2.24) is 35.9 Å². The van der Waals surface area contributed by atoms with Gasteiger partial charge in [0.15, 0.2) is 5.69 Å². The van der Waals surface area contributed by atoms with E-state index in [1.165, 1.54) is 11.8 Å². The summed E-state index contributed by atoms with van der Waals surface area (Å²) in [4.78, 5) is 24.9. The quantitative estimate of drug-likeness (QED) is 0.473. The van der Waals surface area contributed by atoms with Gasteiger partial charge in [-0.1, -0.05) is 0 Å². The molecule has 1 fully saturated rings. The van der Waals surface area contributed by atoms with Gasteiger partial charge in [-0.3, -0.25) is 14.8 Å². The Hall–Kier alpha value is -3.88. The minimum absolute atomic E-state index is 0.197. The number of piperidine rings is 1. The van der Waals surface area contributed by atoms with Crippen molar-refractivity contribution < 1.29 is 4.79 Å². The van der Waals surface area contributed by atoms with Crippen LogP contribution in [0, 0.1) is 11.3 Å². The lowest BCUT2D eigenvalue weighted by molar-refractivity contribution is 0.0982. The molecule has 11 nitrogen and oxygen atoms in total. The van der Waals surface area contributed by atoms with Crippen LogP contribution in [0.1, 0.15) is 34.6 Å². The summed E-state index contributed by atoms with van der Waals surface area (Å²) in [5, 5.41) is 22.4. The van der Waals surface area contributed by atoms with Gasteiger partial charge in [0.25, 0.3) is 5.91 Å². The van der Waals surface area contributed by atoms with Gasteiger partial charge >= 0.3 is 0 Å². The molecule has 0 aliphatic carbocycles. The Bertz CT molecular complexity index is 1310. The zero-order chi connectivity index (χ0) is 22.5. The number of amides is 1. The van der Waals surface area contributed by atoms with Crippen molar-refractivity contribution in [3.63, 3.8) is 0 Å². The molecular formula is C22H24N10O. The Balaban J connectivity index is 1.35. The Kier molecular flexibility index (Phi) is 4.56. The molecule has 1 saturated heterocycles. The normalized spacial score (nSPS) is 19.2. The minimum Gasteiger partial charge on any atom is -0.355 e. The molecule has 0 bridgehead atoms. The van der Waals surface area contributed by atoms with E-state index in [0.717, 1.165) is 54.9 Å². The number of hydrogen-bond donors (Lipinski definition) is 4. The molecule has 3 aliphatic rings. The SMILES string of the molecule is CN1CN(c2cn[nH]c2C#N)C(=O)c2cnc3[nH]c(C4=CN(C5CCNCC5)NC4)cc3c21. The summed E-state index contributed by atoms with van der Waals surface area (Å²) in [6.07, 6.45) is 7.53. The minimum atomic E-state index is -0.197. The molecule has 11 heteroatoms. The van der Waals surface area contributed by atoms with Crippen molar-refractivity contribution in [1.29, 1.82) is 5.26 Å². The third-order valence-corrected chi connectivity index (χ3v) is 6.66. The van der Waals surface area contributed by atoms with E-state index in [0.29, 0.717) is 24.0 Å². The van der Waals surface area contributed by atoms with E-state index in [4.69, 9.17) is 0 Å². The largest absolute Gasteiger partial charge is 0.355 e. The topological polar surface area (TPSA) is 132 Å². The summed E-state index contributed by atoms with van der Waals surface area (Å²) in [5.41, 5.74) is 8.49. The smallest absolute Gasteiger partial charge is 0.263 e. The summed E-state index contributed by atoms with van der Waals surface area (Å²) in [6, 6.07) is 4.63. The second kappa shape index (κ2) is 7.61. The van der Waals surface area contributed by atoms with Crippen molar-refractivity contribution in [2.24, 2.45) is 0 Å². The fourth-order valence-corrected chi connectivity index (χ4v) is 4.97. The van der Waals surface area contributed by atoms with E-state index >= 15 is 0 Å².